The van der Waals surface area contributed by atoms with Gasteiger partial charge in [0.1, 0.15) is 23.1 Å². The molecular formula is C29H25F3N6O2. The number of aryl methyl sites for hydroxylation is 2. The molecule has 1 aliphatic rings. The fraction of sp³-hybridized carbons (Fsp3) is 0.172. The zero-order valence-corrected chi connectivity index (χ0v) is 22.1. The Morgan fingerprint density at radius 1 is 0.950 bits per heavy atom. The van der Waals surface area contributed by atoms with Gasteiger partial charge in [-0.15, -0.1) is 0 Å². The summed E-state index contributed by atoms with van der Waals surface area (Å²) in [5, 5.41) is 5.43. The number of aromatic nitrogens is 2. The lowest BCUT2D eigenvalue weighted by Crippen LogP contribution is -2.43. The van der Waals surface area contributed by atoms with Gasteiger partial charge in [-0.25, -0.2) is 27.8 Å². The number of benzene rings is 3. The van der Waals surface area contributed by atoms with Crippen LogP contribution in [0, 0.1) is 31.3 Å². The Morgan fingerprint density at radius 3 is 2.33 bits per heavy atom. The largest absolute Gasteiger partial charge is 0.347 e. The molecule has 0 radical (unpaired) electrons. The van der Waals surface area contributed by atoms with E-state index in [2.05, 4.69) is 15.6 Å². The molecule has 5 rings (SSSR count). The molecule has 1 aliphatic heterocycles. The molecule has 0 saturated heterocycles. The van der Waals surface area contributed by atoms with Crippen LogP contribution in [-0.2, 0) is 6.54 Å². The van der Waals surface area contributed by atoms with Crippen molar-refractivity contribution in [2.45, 2.75) is 20.4 Å². The van der Waals surface area contributed by atoms with Crippen molar-refractivity contribution in [1.29, 1.82) is 0 Å². The molecule has 2 N–H and O–H groups in total. The maximum absolute atomic E-state index is 14.8. The van der Waals surface area contributed by atoms with Crippen LogP contribution in [0.1, 0.15) is 27.0 Å². The Morgan fingerprint density at radius 2 is 1.65 bits per heavy atom. The molecule has 0 atom stereocenters. The molecule has 0 spiro atoms. The van der Waals surface area contributed by atoms with Gasteiger partial charge in [0.2, 0.25) is 5.95 Å². The molecule has 0 fully saturated rings. The molecule has 4 aromatic rings. The number of anilines is 4. The smallest absolute Gasteiger partial charge is 0.328 e. The second-order valence-corrected chi connectivity index (χ2v) is 9.58. The number of amides is 3. The van der Waals surface area contributed by atoms with Crippen LogP contribution >= 0.6 is 0 Å². The highest BCUT2D eigenvalue weighted by Gasteiger charge is 2.34. The zero-order chi connectivity index (χ0) is 28.7. The summed E-state index contributed by atoms with van der Waals surface area (Å²) in [5.74, 6) is -2.61. The number of urea groups is 1. The molecule has 11 heteroatoms. The van der Waals surface area contributed by atoms with E-state index in [9.17, 15) is 22.8 Å². The summed E-state index contributed by atoms with van der Waals surface area (Å²) in [6.07, 6.45) is 0. The average Bonchev–Trinajstić information content (AvgIpc) is 2.91. The predicted molar refractivity (Wildman–Crippen MR) is 146 cm³/mol. The lowest BCUT2D eigenvalue weighted by atomic mass is 9.99. The SMILES string of the molecule is Cc1ccc(C(=O)Nc2ccc(C)c(-c3nc(N(C)C)nc4c3CNC(=O)N4c3c(F)cccc3F)c2)cc1F. The highest BCUT2D eigenvalue weighted by atomic mass is 19.1. The van der Waals surface area contributed by atoms with Crippen molar-refractivity contribution in [3.05, 3.63) is 94.3 Å². The Labute approximate surface area is 228 Å². The fourth-order valence-corrected chi connectivity index (χ4v) is 4.37. The van der Waals surface area contributed by atoms with Crippen LogP contribution in [0.25, 0.3) is 11.3 Å². The molecule has 204 valence electrons. The quantitative estimate of drug-likeness (QED) is 0.327. The molecular weight excluding hydrogens is 521 g/mol. The molecule has 3 aromatic carbocycles. The number of nitrogens with zero attached hydrogens (tertiary/aromatic N) is 4. The Hall–Kier alpha value is -4.93. The van der Waals surface area contributed by atoms with Crippen molar-refractivity contribution in [3.63, 3.8) is 0 Å². The van der Waals surface area contributed by atoms with E-state index in [1.165, 1.54) is 24.3 Å². The van der Waals surface area contributed by atoms with E-state index in [0.717, 1.165) is 22.6 Å². The summed E-state index contributed by atoms with van der Waals surface area (Å²) >= 11 is 0. The third-order valence-electron chi connectivity index (χ3n) is 6.55. The van der Waals surface area contributed by atoms with Crippen molar-refractivity contribution >= 4 is 35.1 Å². The van der Waals surface area contributed by atoms with Gasteiger partial charge in [-0.2, -0.15) is 4.98 Å². The van der Waals surface area contributed by atoms with Crippen molar-refractivity contribution < 1.29 is 22.8 Å². The van der Waals surface area contributed by atoms with Gasteiger partial charge in [0.25, 0.3) is 5.91 Å². The number of carbonyl (C=O) groups is 2. The van der Waals surface area contributed by atoms with Crippen LogP contribution in [0.4, 0.5) is 41.1 Å². The van der Waals surface area contributed by atoms with Crippen molar-refractivity contribution in [2.75, 3.05) is 29.2 Å². The van der Waals surface area contributed by atoms with Gasteiger partial charge >= 0.3 is 6.03 Å². The number of fused-ring (bicyclic) bond motifs is 1. The van der Waals surface area contributed by atoms with E-state index < -0.39 is 35.1 Å². The molecule has 0 aliphatic carbocycles. The fourth-order valence-electron chi connectivity index (χ4n) is 4.37. The van der Waals surface area contributed by atoms with E-state index >= 15 is 0 Å². The number of hydrogen-bond acceptors (Lipinski definition) is 5. The normalized spacial score (nSPS) is 12.6. The topological polar surface area (TPSA) is 90.5 Å². The van der Waals surface area contributed by atoms with Gasteiger partial charge < -0.3 is 15.5 Å². The van der Waals surface area contributed by atoms with Crippen LogP contribution < -0.4 is 20.4 Å². The number of hydrogen-bond donors (Lipinski definition) is 2. The Bertz CT molecular complexity index is 1650. The third kappa shape index (κ3) is 4.81. The first-order valence-electron chi connectivity index (χ1n) is 12.3. The van der Waals surface area contributed by atoms with Gasteiger partial charge in [0.15, 0.2) is 5.82 Å². The number of para-hydroxylation sites is 1. The first-order chi connectivity index (χ1) is 19.0. The van der Waals surface area contributed by atoms with Crippen LogP contribution in [-0.4, -0.2) is 36.0 Å². The summed E-state index contributed by atoms with van der Waals surface area (Å²) in [4.78, 5) is 37.5. The maximum atomic E-state index is 14.8. The van der Waals surface area contributed by atoms with Gasteiger partial charge in [-0.05, 0) is 61.4 Å². The molecule has 0 saturated carbocycles. The zero-order valence-electron chi connectivity index (χ0n) is 22.1. The van der Waals surface area contributed by atoms with E-state index in [1.54, 1.807) is 44.1 Å². The van der Waals surface area contributed by atoms with Crippen LogP contribution in [0.3, 0.4) is 0 Å². The van der Waals surface area contributed by atoms with Gasteiger partial charge in [0, 0.05) is 36.5 Å². The molecule has 40 heavy (non-hydrogen) atoms. The van der Waals surface area contributed by atoms with Crippen LogP contribution in [0.15, 0.2) is 54.6 Å². The number of nitrogens with one attached hydrogen (secondary N) is 2. The van der Waals surface area contributed by atoms with Gasteiger partial charge in [0.05, 0.1) is 12.2 Å². The molecule has 0 unspecified atom stereocenters. The number of rotatable bonds is 5. The van der Waals surface area contributed by atoms with Gasteiger partial charge in [-0.1, -0.05) is 18.2 Å². The minimum absolute atomic E-state index is 0.00243. The van der Waals surface area contributed by atoms with Crippen molar-refractivity contribution in [2.24, 2.45) is 0 Å². The van der Waals surface area contributed by atoms with Crippen LogP contribution in [0.5, 0.6) is 0 Å². The molecule has 0 bridgehead atoms. The monoisotopic (exact) mass is 546 g/mol. The standard InChI is InChI=1S/C29H25F3N6O2/c1-15-9-11-18(34-27(39)17-10-8-16(2)23(32)12-17)13-19(15)24-20-14-33-29(40)38(25-21(30)6-5-7-22(25)31)26(20)36-28(35-24)37(3)4/h5-13H,14H2,1-4H3,(H,33,40)(H,34,39). The highest BCUT2D eigenvalue weighted by Crippen LogP contribution is 2.39. The lowest BCUT2D eigenvalue weighted by Gasteiger charge is -2.31. The summed E-state index contributed by atoms with van der Waals surface area (Å²) in [5.41, 5.74) is 2.66. The minimum Gasteiger partial charge on any atom is -0.347 e. The molecule has 8 nitrogen and oxygen atoms in total. The number of halogens is 3. The molecule has 2 heterocycles. The summed E-state index contributed by atoms with van der Waals surface area (Å²) in [6.45, 7) is 3.45. The first-order valence-corrected chi connectivity index (χ1v) is 12.3. The number of carbonyl (C=O) groups excluding carboxylic acids is 2. The molecule has 3 amide bonds. The van der Waals surface area contributed by atoms with E-state index in [0.29, 0.717) is 28.1 Å². The second kappa shape index (κ2) is 10.3. The van der Waals surface area contributed by atoms with E-state index in [4.69, 9.17) is 4.98 Å². The summed E-state index contributed by atoms with van der Waals surface area (Å²) < 4.78 is 43.7. The van der Waals surface area contributed by atoms with E-state index in [-0.39, 0.29) is 23.9 Å². The van der Waals surface area contributed by atoms with Crippen molar-refractivity contribution in [3.8, 4) is 11.3 Å². The lowest BCUT2D eigenvalue weighted by molar-refractivity contribution is 0.102. The van der Waals surface area contributed by atoms with Crippen LogP contribution in [0.2, 0.25) is 0 Å². The summed E-state index contributed by atoms with van der Waals surface area (Å²) in [6, 6.07) is 12.0. The maximum Gasteiger partial charge on any atom is 0.328 e. The van der Waals surface area contributed by atoms with Crippen molar-refractivity contribution in [1.82, 2.24) is 15.3 Å². The minimum atomic E-state index is -0.928. The Kier molecular flexibility index (Phi) is 6.88. The average molecular weight is 547 g/mol. The summed E-state index contributed by atoms with van der Waals surface area (Å²) in [7, 11) is 3.40. The second-order valence-electron chi connectivity index (χ2n) is 9.58. The van der Waals surface area contributed by atoms with Gasteiger partial charge in [-0.3, -0.25) is 4.79 Å². The van der Waals surface area contributed by atoms with E-state index in [1.807, 2.05) is 6.92 Å². The Balaban J connectivity index is 1.63. The third-order valence-corrected chi connectivity index (χ3v) is 6.55. The predicted octanol–water partition coefficient (Wildman–Crippen LogP) is 5.86. The highest BCUT2D eigenvalue weighted by molar-refractivity contribution is 6.05. The molecule has 1 aromatic heterocycles. The first kappa shape index (κ1) is 26.7.